The molecule has 0 fully saturated rings. The van der Waals surface area contributed by atoms with Gasteiger partial charge in [-0.25, -0.2) is 4.98 Å². The van der Waals surface area contributed by atoms with Gasteiger partial charge < -0.3 is 14.8 Å². The molecule has 146 valence electrons. The van der Waals surface area contributed by atoms with Gasteiger partial charge in [-0.15, -0.1) is 0 Å². The number of aryl methyl sites for hydroxylation is 1. The summed E-state index contributed by atoms with van der Waals surface area (Å²) >= 11 is 1.18. The van der Waals surface area contributed by atoms with Gasteiger partial charge in [-0.05, 0) is 36.8 Å². The van der Waals surface area contributed by atoms with Gasteiger partial charge >= 0.3 is 0 Å². The van der Waals surface area contributed by atoms with Crippen molar-refractivity contribution in [1.29, 1.82) is 0 Å². The average molecular weight is 397 g/mol. The van der Waals surface area contributed by atoms with Gasteiger partial charge in [-0.2, -0.15) is 0 Å². The van der Waals surface area contributed by atoms with E-state index in [0.717, 1.165) is 22.3 Å². The van der Waals surface area contributed by atoms with E-state index >= 15 is 0 Å². The van der Waals surface area contributed by atoms with E-state index in [0.29, 0.717) is 18.1 Å². The number of rotatable bonds is 7. The Morgan fingerprint density at radius 1 is 1.14 bits per heavy atom. The quantitative estimate of drug-likeness (QED) is 0.622. The van der Waals surface area contributed by atoms with Gasteiger partial charge in [0.05, 0.1) is 16.8 Å². The number of thioether (sulfide) groups is 1. The number of nitrogens with one attached hydrogen (secondary N) is 1. The SMILES string of the molecule is CCn1c(=O)c(SCC(=O)NCc2ccc(N(C)C)cc2)nc2ccccc21. The maximum absolute atomic E-state index is 12.6. The summed E-state index contributed by atoms with van der Waals surface area (Å²) in [7, 11) is 3.97. The fourth-order valence-corrected chi connectivity index (χ4v) is 3.64. The number of hydrogen-bond donors (Lipinski definition) is 1. The summed E-state index contributed by atoms with van der Waals surface area (Å²) in [5.74, 6) is 0.0270. The van der Waals surface area contributed by atoms with Crippen molar-refractivity contribution in [2.75, 3.05) is 24.7 Å². The number of carbonyl (C=O) groups is 1. The van der Waals surface area contributed by atoms with Crippen LogP contribution >= 0.6 is 11.8 Å². The van der Waals surface area contributed by atoms with Crippen LogP contribution < -0.4 is 15.8 Å². The highest BCUT2D eigenvalue weighted by Crippen LogP contribution is 2.17. The van der Waals surface area contributed by atoms with Crippen LogP contribution in [0.3, 0.4) is 0 Å². The molecule has 0 radical (unpaired) electrons. The van der Waals surface area contributed by atoms with Crippen molar-refractivity contribution in [1.82, 2.24) is 14.9 Å². The number of fused-ring (bicyclic) bond motifs is 1. The van der Waals surface area contributed by atoms with E-state index in [9.17, 15) is 9.59 Å². The third kappa shape index (κ3) is 4.54. The Balaban J connectivity index is 1.63. The van der Waals surface area contributed by atoms with Gasteiger partial charge in [0.2, 0.25) is 5.91 Å². The van der Waals surface area contributed by atoms with Gasteiger partial charge in [0.25, 0.3) is 5.56 Å². The number of aromatic nitrogens is 2. The van der Waals surface area contributed by atoms with E-state index in [-0.39, 0.29) is 17.2 Å². The lowest BCUT2D eigenvalue weighted by Gasteiger charge is -2.13. The van der Waals surface area contributed by atoms with Crippen LogP contribution in [0.15, 0.2) is 58.4 Å². The first-order valence-electron chi connectivity index (χ1n) is 9.15. The minimum atomic E-state index is -0.154. The molecular formula is C21H24N4O2S. The van der Waals surface area contributed by atoms with Gasteiger partial charge in [-0.3, -0.25) is 9.59 Å². The number of anilines is 1. The molecule has 0 aliphatic carbocycles. The van der Waals surface area contributed by atoms with Crippen LogP contribution in [0.5, 0.6) is 0 Å². The van der Waals surface area contributed by atoms with E-state index in [4.69, 9.17) is 0 Å². The number of carbonyl (C=O) groups excluding carboxylic acids is 1. The molecule has 2 aromatic carbocycles. The lowest BCUT2D eigenvalue weighted by Crippen LogP contribution is -2.26. The molecule has 0 aliphatic heterocycles. The third-order valence-electron chi connectivity index (χ3n) is 4.42. The molecule has 1 aromatic heterocycles. The topological polar surface area (TPSA) is 67.2 Å². The Bertz CT molecular complexity index is 1030. The van der Waals surface area contributed by atoms with Gasteiger partial charge in [0.15, 0.2) is 5.03 Å². The number of para-hydroxylation sites is 2. The van der Waals surface area contributed by atoms with Crippen LogP contribution in [0.2, 0.25) is 0 Å². The van der Waals surface area contributed by atoms with Crippen molar-refractivity contribution < 1.29 is 4.79 Å². The molecule has 1 N–H and O–H groups in total. The predicted octanol–water partition coefficient (Wildman–Crippen LogP) is 2.89. The smallest absolute Gasteiger partial charge is 0.283 e. The van der Waals surface area contributed by atoms with Crippen LogP contribution in [-0.4, -0.2) is 35.3 Å². The zero-order valence-corrected chi connectivity index (χ0v) is 17.1. The van der Waals surface area contributed by atoms with Crippen LogP contribution in [-0.2, 0) is 17.9 Å². The summed E-state index contributed by atoms with van der Waals surface area (Å²) in [4.78, 5) is 31.3. The molecule has 1 amide bonds. The minimum Gasteiger partial charge on any atom is -0.378 e. The molecule has 1 heterocycles. The van der Waals surface area contributed by atoms with E-state index in [2.05, 4.69) is 10.3 Å². The normalized spacial score (nSPS) is 10.8. The summed E-state index contributed by atoms with van der Waals surface area (Å²) in [6.45, 7) is 2.94. The molecule has 3 aromatic rings. The fraction of sp³-hybridized carbons (Fsp3) is 0.286. The van der Waals surface area contributed by atoms with Crippen LogP contribution in [0.25, 0.3) is 11.0 Å². The molecule has 0 unspecified atom stereocenters. The highest BCUT2D eigenvalue weighted by atomic mass is 32.2. The summed E-state index contributed by atoms with van der Waals surface area (Å²) in [6, 6.07) is 15.6. The van der Waals surface area contributed by atoms with Crippen molar-refractivity contribution in [2.45, 2.75) is 25.0 Å². The molecule has 3 rings (SSSR count). The van der Waals surface area contributed by atoms with Crippen molar-refractivity contribution >= 4 is 34.4 Å². The van der Waals surface area contributed by atoms with E-state index in [1.165, 1.54) is 11.8 Å². The van der Waals surface area contributed by atoms with Crippen molar-refractivity contribution in [3.8, 4) is 0 Å². The first-order chi connectivity index (χ1) is 13.5. The molecule has 7 heteroatoms. The molecule has 0 bridgehead atoms. The first kappa shape index (κ1) is 19.9. The number of amides is 1. The van der Waals surface area contributed by atoms with E-state index < -0.39 is 0 Å². The molecule has 0 saturated carbocycles. The Morgan fingerprint density at radius 3 is 2.54 bits per heavy atom. The van der Waals surface area contributed by atoms with Crippen molar-refractivity contribution in [3.63, 3.8) is 0 Å². The Kier molecular flexibility index (Phi) is 6.36. The molecule has 0 saturated heterocycles. The number of benzene rings is 2. The second-order valence-corrected chi connectivity index (χ2v) is 7.55. The van der Waals surface area contributed by atoms with Crippen LogP contribution in [0.4, 0.5) is 5.69 Å². The predicted molar refractivity (Wildman–Crippen MR) is 115 cm³/mol. The van der Waals surface area contributed by atoms with Gasteiger partial charge in [-0.1, -0.05) is 36.0 Å². The van der Waals surface area contributed by atoms with Crippen LogP contribution in [0.1, 0.15) is 12.5 Å². The van der Waals surface area contributed by atoms with Gasteiger partial charge in [0, 0.05) is 32.9 Å². The maximum Gasteiger partial charge on any atom is 0.283 e. The monoisotopic (exact) mass is 396 g/mol. The summed E-state index contributed by atoms with van der Waals surface area (Å²) in [6.07, 6.45) is 0. The molecular weight excluding hydrogens is 372 g/mol. The lowest BCUT2D eigenvalue weighted by molar-refractivity contribution is -0.118. The fourth-order valence-electron chi connectivity index (χ4n) is 2.87. The zero-order valence-electron chi connectivity index (χ0n) is 16.3. The number of nitrogens with zero attached hydrogens (tertiary/aromatic N) is 3. The highest BCUT2D eigenvalue weighted by molar-refractivity contribution is 7.99. The molecule has 0 spiro atoms. The summed E-state index contributed by atoms with van der Waals surface area (Å²) < 4.78 is 1.69. The third-order valence-corrected chi connectivity index (χ3v) is 5.37. The maximum atomic E-state index is 12.6. The largest absolute Gasteiger partial charge is 0.378 e. The second-order valence-electron chi connectivity index (χ2n) is 6.58. The van der Waals surface area contributed by atoms with Crippen molar-refractivity contribution in [2.24, 2.45) is 0 Å². The molecule has 0 aliphatic rings. The summed E-state index contributed by atoms with van der Waals surface area (Å²) in [5.41, 5.74) is 3.55. The molecule has 0 atom stereocenters. The second kappa shape index (κ2) is 8.93. The first-order valence-corrected chi connectivity index (χ1v) is 10.1. The zero-order chi connectivity index (χ0) is 20.1. The Morgan fingerprint density at radius 2 is 1.86 bits per heavy atom. The van der Waals surface area contributed by atoms with E-state index in [1.807, 2.05) is 74.4 Å². The van der Waals surface area contributed by atoms with Crippen molar-refractivity contribution in [3.05, 3.63) is 64.4 Å². The average Bonchev–Trinajstić information content (AvgIpc) is 2.71. The minimum absolute atomic E-state index is 0.126. The Labute approximate surface area is 168 Å². The summed E-state index contributed by atoms with van der Waals surface area (Å²) in [5, 5.41) is 3.25. The van der Waals surface area contributed by atoms with Crippen LogP contribution in [0, 0.1) is 0 Å². The van der Waals surface area contributed by atoms with E-state index in [1.54, 1.807) is 4.57 Å². The number of hydrogen-bond acceptors (Lipinski definition) is 5. The Hall–Kier alpha value is -2.80. The highest BCUT2D eigenvalue weighted by Gasteiger charge is 2.12. The lowest BCUT2D eigenvalue weighted by atomic mass is 10.2. The van der Waals surface area contributed by atoms with Gasteiger partial charge in [0.1, 0.15) is 0 Å². The molecule has 6 nitrogen and oxygen atoms in total. The standard InChI is InChI=1S/C21H24N4O2S/c1-4-25-18-8-6-5-7-17(18)23-20(21(25)27)28-14-19(26)22-13-15-9-11-16(12-10-15)24(2)3/h5-12H,4,13-14H2,1-3H3,(H,22,26). The molecule has 28 heavy (non-hydrogen) atoms.